The summed E-state index contributed by atoms with van der Waals surface area (Å²) in [5.74, 6) is -1.16. The van der Waals surface area contributed by atoms with E-state index in [9.17, 15) is 14.7 Å². The van der Waals surface area contributed by atoms with Crippen molar-refractivity contribution < 1.29 is 19.4 Å². The first-order valence-corrected chi connectivity index (χ1v) is 10.3. The first-order valence-electron chi connectivity index (χ1n) is 9.45. The van der Waals surface area contributed by atoms with Crippen LogP contribution in [-0.2, 0) is 9.59 Å². The van der Waals surface area contributed by atoms with Crippen LogP contribution in [0.3, 0.4) is 0 Å². The van der Waals surface area contributed by atoms with Crippen LogP contribution >= 0.6 is 11.3 Å². The Morgan fingerprint density at radius 3 is 2.70 bits per heavy atom. The minimum absolute atomic E-state index is 0.00837. The Morgan fingerprint density at radius 1 is 1.20 bits per heavy atom. The summed E-state index contributed by atoms with van der Waals surface area (Å²) >= 11 is 1.25. The average Bonchev–Trinajstić information content (AvgIpc) is 3.39. The second-order valence-electron chi connectivity index (χ2n) is 6.64. The maximum Gasteiger partial charge on any atom is 0.301 e. The van der Waals surface area contributed by atoms with E-state index in [2.05, 4.69) is 9.97 Å². The third kappa shape index (κ3) is 3.57. The average molecular weight is 421 g/mol. The molecular weight excluding hydrogens is 402 g/mol. The molecule has 0 radical (unpaired) electrons. The van der Waals surface area contributed by atoms with Gasteiger partial charge in [-0.2, -0.15) is 0 Å². The molecule has 0 bridgehead atoms. The van der Waals surface area contributed by atoms with Crippen molar-refractivity contribution in [2.24, 2.45) is 0 Å². The molecule has 3 aromatic rings. The highest BCUT2D eigenvalue weighted by molar-refractivity contribution is 7.14. The lowest BCUT2D eigenvalue weighted by atomic mass is 9.96. The topological polar surface area (TPSA) is 92.6 Å². The van der Waals surface area contributed by atoms with Crippen LogP contribution in [0.5, 0.6) is 5.75 Å². The van der Waals surface area contributed by atoms with E-state index >= 15 is 0 Å². The Hall–Kier alpha value is -3.52. The molecule has 7 nitrogen and oxygen atoms in total. The summed E-state index contributed by atoms with van der Waals surface area (Å²) in [6, 6.07) is 9.47. The maximum atomic E-state index is 13.0. The second-order valence-corrected chi connectivity index (χ2v) is 7.51. The van der Waals surface area contributed by atoms with E-state index in [4.69, 9.17) is 4.74 Å². The normalized spacial score (nSPS) is 18.0. The van der Waals surface area contributed by atoms with Gasteiger partial charge in [-0.15, -0.1) is 11.3 Å². The molecule has 30 heavy (non-hydrogen) atoms. The number of ketones is 1. The summed E-state index contributed by atoms with van der Waals surface area (Å²) in [5, 5.41) is 13.2. The van der Waals surface area contributed by atoms with Crippen molar-refractivity contribution in [1.82, 2.24) is 9.97 Å². The fraction of sp³-hybridized carbons (Fsp3) is 0.182. The van der Waals surface area contributed by atoms with Gasteiger partial charge in [-0.05, 0) is 36.2 Å². The van der Waals surface area contributed by atoms with Gasteiger partial charge in [0.25, 0.3) is 5.78 Å². The zero-order valence-corrected chi connectivity index (χ0v) is 17.0. The highest BCUT2D eigenvalue weighted by Crippen LogP contribution is 2.42. The maximum absolute atomic E-state index is 13.0. The van der Waals surface area contributed by atoms with E-state index < -0.39 is 17.7 Å². The first-order chi connectivity index (χ1) is 14.6. The Balaban J connectivity index is 1.86. The largest absolute Gasteiger partial charge is 0.507 e. The fourth-order valence-corrected chi connectivity index (χ4v) is 4.00. The number of aromatic nitrogens is 2. The molecule has 1 N–H and O–H groups in total. The van der Waals surface area contributed by atoms with Gasteiger partial charge in [0.2, 0.25) is 0 Å². The molecule has 1 aromatic carbocycles. The zero-order valence-electron chi connectivity index (χ0n) is 16.2. The number of nitrogens with zero attached hydrogens (tertiary/aromatic N) is 3. The number of hydrogen-bond acceptors (Lipinski definition) is 7. The second kappa shape index (κ2) is 8.46. The van der Waals surface area contributed by atoms with Gasteiger partial charge in [0.1, 0.15) is 11.5 Å². The molecule has 1 atom stereocenters. The molecule has 0 spiro atoms. The van der Waals surface area contributed by atoms with Crippen LogP contribution in [0.2, 0.25) is 0 Å². The molecule has 152 valence electrons. The number of rotatable bonds is 6. The van der Waals surface area contributed by atoms with E-state index in [0.717, 1.165) is 6.42 Å². The molecule has 1 amide bonds. The SMILES string of the molecule is CCCOc1cccc(/C(O)=C2\C(=O)C(=O)N(c3nccs3)C2c2ccncc2)c1. The van der Waals surface area contributed by atoms with Crippen molar-refractivity contribution in [3.05, 3.63) is 77.1 Å². The van der Waals surface area contributed by atoms with E-state index in [1.807, 2.05) is 6.92 Å². The number of aliphatic hydroxyl groups excluding tert-OH is 1. The Morgan fingerprint density at radius 2 is 2.00 bits per heavy atom. The number of ether oxygens (including phenoxy) is 1. The van der Waals surface area contributed by atoms with Crippen molar-refractivity contribution in [2.45, 2.75) is 19.4 Å². The summed E-state index contributed by atoms with van der Waals surface area (Å²) in [5.41, 5.74) is 1.06. The summed E-state index contributed by atoms with van der Waals surface area (Å²) in [6.07, 6.45) is 5.57. The number of benzene rings is 1. The number of aliphatic hydroxyl groups is 1. The van der Waals surface area contributed by atoms with Crippen LogP contribution in [0.1, 0.15) is 30.5 Å². The van der Waals surface area contributed by atoms with Gasteiger partial charge in [0.15, 0.2) is 5.13 Å². The number of Topliss-reactive ketones (excluding diaryl/α,β-unsaturated/α-hetero) is 1. The Kier molecular flexibility index (Phi) is 5.58. The van der Waals surface area contributed by atoms with Crippen LogP contribution in [0.15, 0.2) is 65.9 Å². The predicted octanol–water partition coefficient (Wildman–Crippen LogP) is 3.95. The lowest BCUT2D eigenvalue weighted by Gasteiger charge is -2.22. The van der Waals surface area contributed by atoms with E-state index in [1.165, 1.54) is 16.2 Å². The number of anilines is 1. The summed E-state index contributed by atoms with van der Waals surface area (Å²) in [7, 11) is 0. The molecule has 1 unspecified atom stereocenters. The summed E-state index contributed by atoms with van der Waals surface area (Å²) < 4.78 is 5.64. The monoisotopic (exact) mass is 421 g/mol. The number of carbonyl (C=O) groups is 2. The van der Waals surface area contributed by atoms with Gasteiger partial charge in [-0.3, -0.25) is 19.5 Å². The molecule has 1 saturated heterocycles. The van der Waals surface area contributed by atoms with E-state index in [0.29, 0.717) is 28.6 Å². The van der Waals surface area contributed by atoms with E-state index in [-0.39, 0.29) is 11.3 Å². The number of carbonyl (C=O) groups excluding carboxylic acids is 2. The van der Waals surface area contributed by atoms with Crippen molar-refractivity contribution in [3.8, 4) is 5.75 Å². The molecule has 0 aliphatic carbocycles. The highest BCUT2D eigenvalue weighted by Gasteiger charge is 2.47. The molecule has 1 aliphatic rings. The quantitative estimate of drug-likeness (QED) is 0.368. The van der Waals surface area contributed by atoms with Gasteiger partial charge >= 0.3 is 5.91 Å². The Labute approximate surface area is 177 Å². The smallest absolute Gasteiger partial charge is 0.301 e. The number of thiazole rings is 1. The van der Waals surface area contributed by atoms with E-state index in [1.54, 1.807) is 60.4 Å². The number of amides is 1. The zero-order chi connectivity index (χ0) is 21.1. The molecule has 0 saturated carbocycles. The minimum Gasteiger partial charge on any atom is -0.507 e. The summed E-state index contributed by atoms with van der Waals surface area (Å²) in [6.45, 7) is 2.54. The van der Waals surface area contributed by atoms with Crippen molar-refractivity contribution in [1.29, 1.82) is 0 Å². The highest BCUT2D eigenvalue weighted by atomic mass is 32.1. The lowest BCUT2D eigenvalue weighted by molar-refractivity contribution is -0.132. The standard InChI is InChI=1S/C22H19N3O4S/c1-2-11-29-16-5-3-4-15(13-16)19(26)17-18(14-6-8-23-9-7-14)25(21(28)20(17)27)22-24-10-12-30-22/h3-10,12-13,18,26H,2,11H2,1H3/b19-17+. The molecular formula is C22H19N3O4S. The van der Waals surface area contributed by atoms with Gasteiger partial charge in [0.05, 0.1) is 18.2 Å². The van der Waals surface area contributed by atoms with Crippen molar-refractivity contribution >= 4 is 33.9 Å². The van der Waals surface area contributed by atoms with Crippen LogP contribution < -0.4 is 9.64 Å². The van der Waals surface area contributed by atoms with Gasteiger partial charge in [0, 0.05) is 29.5 Å². The van der Waals surface area contributed by atoms with Crippen LogP contribution in [0, 0.1) is 0 Å². The van der Waals surface area contributed by atoms with Crippen LogP contribution in [0.4, 0.5) is 5.13 Å². The third-order valence-corrected chi connectivity index (χ3v) is 5.44. The molecule has 8 heteroatoms. The van der Waals surface area contributed by atoms with Crippen LogP contribution in [-0.4, -0.2) is 33.4 Å². The first kappa shape index (κ1) is 19.8. The minimum atomic E-state index is -0.806. The predicted molar refractivity (Wildman–Crippen MR) is 113 cm³/mol. The summed E-state index contributed by atoms with van der Waals surface area (Å²) in [4.78, 5) is 35.4. The van der Waals surface area contributed by atoms with Gasteiger partial charge in [-0.25, -0.2) is 4.98 Å². The molecule has 1 fully saturated rings. The van der Waals surface area contributed by atoms with Gasteiger partial charge < -0.3 is 9.84 Å². The molecule has 1 aliphatic heterocycles. The third-order valence-electron chi connectivity index (χ3n) is 4.67. The Bertz CT molecular complexity index is 1100. The molecule has 4 rings (SSSR count). The fourth-order valence-electron chi connectivity index (χ4n) is 3.33. The van der Waals surface area contributed by atoms with Crippen LogP contribution in [0.25, 0.3) is 5.76 Å². The number of hydrogen-bond donors (Lipinski definition) is 1. The molecule has 3 heterocycles. The van der Waals surface area contributed by atoms with Crippen molar-refractivity contribution in [3.63, 3.8) is 0 Å². The number of pyridine rings is 1. The molecule has 2 aromatic heterocycles. The van der Waals surface area contributed by atoms with Gasteiger partial charge in [-0.1, -0.05) is 19.1 Å². The van der Waals surface area contributed by atoms with Crippen molar-refractivity contribution in [2.75, 3.05) is 11.5 Å². The lowest BCUT2D eigenvalue weighted by Crippen LogP contribution is -2.29.